The standard InChI is InChI=1S/C10H17N3S/c1-7-10(13-9(6-11)14-7)8-2-4-12-5-3-8/h8,12H,2-6,11H2,1H3. The molecule has 1 aromatic rings. The molecule has 0 unspecified atom stereocenters. The molecule has 78 valence electrons. The topological polar surface area (TPSA) is 50.9 Å². The zero-order valence-electron chi connectivity index (χ0n) is 8.55. The number of hydrogen-bond donors (Lipinski definition) is 2. The minimum absolute atomic E-state index is 0.580. The molecule has 0 saturated carbocycles. The maximum absolute atomic E-state index is 5.60. The fourth-order valence-electron chi connectivity index (χ4n) is 2.03. The van der Waals surface area contributed by atoms with Crippen LogP contribution in [0.25, 0.3) is 0 Å². The van der Waals surface area contributed by atoms with E-state index in [1.54, 1.807) is 11.3 Å². The normalized spacial score (nSPS) is 18.7. The molecule has 1 aliphatic heterocycles. The van der Waals surface area contributed by atoms with E-state index in [0.29, 0.717) is 12.5 Å². The van der Waals surface area contributed by atoms with Crippen molar-refractivity contribution in [1.29, 1.82) is 0 Å². The average molecular weight is 211 g/mol. The summed E-state index contributed by atoms with van der Waals surface area (Å²) < 4.78 is 0. The van der Waals surface area contributed by atoms with E-state index in [1.165, 1.54) is 23.4 Å². The summed E-state index contributed by atoms with van der Waals surface area (Å²) in [5, 5.41) is 4.46. The van der Waals surface area contributed by atoms with Crippen LogP contribution in [0, 0.1) is 6.92 Å². The SMILES string of the molecule is Cc1sc(CN)nc1C1CCNCC1. The molecule has 0 spiro atoms. The molecular weight excluding hydrogens is 194 g/mol. The summed E-state index contributed by atoms with van der Waals surface area (Å²) in [5.74, 6) is 0.660. The molecular formula is C10H17N3S. The zero-order valence-corrected chi connectivity index (χ0v) is 9.36. The summed E-state index contributed by atoms with van der Waals surface area (Å²) in [7, 11) is 0. The lowest BCUT2D eigenvalue weighted by Crippen LogP contribution is -2.27. The Morgan fingerprint density at radius 1 is 1.50 bits per heavy atom. The number of aromatic nitrogens is 1. The Morgan fingerprint density at radius 3 is 2.79 bits per heavy atom. The van der Waals surface area contributed by atoms with Crippen LogP contribution < -0.4 is 11.1 Å². The van der Waals surface area contributed by atoms with Crippen LogP contribution in [-0.4, -0.2) is 18.1 Å². The highest BCUT2D eigenvalue weighted by atomic mass is 32.1. The molecule has 1 fully saturated rings. The van der Waals surface area contributed by atoms with Gasteiger partial charge in [-0.05, 0) is 32.9 Å². The van der Waals surface area contributed by atoms with Crippen molar-refractivity contribution >= 4 is 11.3 Å². The summed E-state index contributed by atoms with van der Waals surface area (Å²) in [4.78, 5) is 5.98. The highest BCUT2D eigenvalue weighted by Gasteiger charge is 2.20. The van der Waals surface area contributed by atoms with Crippen molar-refractivity contribution in [2.24, 2.45) is 5.73 Å². The Labute approximate surface area is 88.7 Å². The third-order valence-electron chi connectivity index (χ3n) is 2.78. The van der Waals surface area contributed by atoms with Gasteiger partial charge in [0.05, 0.1) is 5.69 Å². The molecule has 2 heterocycles. The van der Waals surface area contributed by atoms with Crippen LogP contribution in [0.1, 0.15) is 34.3 Å². The van der Waals surface area contributed by atoms with Gasteiger partial charge in [-0.1, -0.05) is 0 Å². The number of piperidine rings is 1. The Balaban J connectivity index is 2.17. The van der Waals surface area contributed by atoms with E-state index in [1.807, 2.05) is 0 Å². The predicted octanol–water partition coefficient (Wildman–Crippen LogP) is 1.38. The first kappa shape index (κ1) is 10.1. The molecule has 0 aromatic carbocycles. The molecule has 1 saturated heterocycles. The van der Waals surface area contributed by atoms with Crippen molar-refractivity contribution in [3.05, 3.63) is 15.6 Å². The molecule has 0 radical (unpaired) electrons. The second-order valence-corrected chi connectivity index (χ2v) is 5.07. The summed E-state index contributed by atoms with van der Waals surface area (Å²) in [6, 6.07) is 0. The molecule has 0 aliphatic carbocycles. The third kappa shape index (κ3) is 1.97. The summed E-state index contributed by atoms with van der Waals surface area (Å²) in [5.41, 5.74) is 6.90. The number of rotatable bonds is 2. The van der Waals surface area contributed by atoms with Gasteiger partial charge in [-0.25, -0.2) is 4.98 Å². The fraction of sp³-hybridized carbons (Fsp3) is 0.700. The lowest BCUT2D eigenvalue weighted by atomic mass is 9.94. The van der Waals surface area contributed by atoms with Gasteiger partial charge in [0.25, 0.3) is 0 Å². The van der Waals surface area contributed by atoms with Crippen molar-refractivity contribution in [3.63, 3.8) is 0 Å². The van der Waals surface area contributed by atoms with Gasteiger partial charge in [-0.3, -0.25) is 0 Å². The minimum atomic E-state index is 0.580. The van der Waals surface area contributed by atoms with E-state index in [0.717, 1.165) is 18.1 Å². The molecule has 1 aromatic heterocycles. The number of nitrogens with zero attached hydrogens (tertiary/aromatic N) is 1. The largest absolute Gasteiger partial charge is 0.325 e. The smallest absolute Gasteiger partial charge is 0.107 e. The van der Waals surface area contributed by atoms with Crippen LogP contribution in [0.2, 0.25) is 0 Å². The van der Waals surface area contributed by atoms with E-state index >= 15 is 0 Å². The molecule has 0 atom stereocenters. The molecule has 14 heavy (non-hydrogen) atoms. The van der Waals surface area contributed by atoms with Gasteiger partial charge in [0, 0.05) is 17.3 Å². The van der Waals surface area contributed by atoms with E-state index in [9.17, 15) is 0 Å². The van der Waals surface area contributed by atoms with Gasteiger partial charge >= 0.3 is 0 Å². The molecule has 0 bridgehead atoms. The molecule has 3 N–H and O–H groups in total. The lowest BCUT2D eigenvalue weighted by Gasteiger charge is -2.21. The third-order valence-corrected chi connectivity index (χ3v) is 3.79. The Kier molecular flexibility index (Phi) is 3.15. The predicted molar refractivity (Wildman–Crippen MR) is 59.6 cm³/mol. The lowest BCUT2D eigenvalue weighted by molar-refractivity contribution is 0.453. The summed E-state index contributed by atoms with van der Waals surface area (Å²) in [6.07, 6.45) is 2.43. The number of nitrogens with two attached hydrogens (primary N) is 1. The van der Waals surface area contributed by atoms with E-state index in [-0.39, 0.29) is 0 Å². The number of nitrogens with one attached hydrogen (secondary N) is 1. The van der Waals surface area contributed by atoms with Crippen LogP contribution in [0.4, 0.5) is 0 Å². The average Bonchev–Trinajstić information content (AvgIpc) is 2.61. The van der Waals surface area contributed by atoms with Crippen molar-refractivity contribution in [3.8, 4) is 0 Å². The molecule has 0 amide bonds. The van der Waals surface area contributed by atoms with Crippen molar-refractivity contribution in [2.45, 2.75) is 32.2 Å². The second-order valence-electron chi connectivity index (χ2n) is 3.78. The maximum atomic E-state index is 5.60. The van der Waals surface area contributed by atoms with Crippen LogP contribution in [0.15, 0.2) is 0 Å². The van der Waals surface area contributed by atoms with Crippen molar-refractivity contribution < 1.29 is 0 Å². The van der Waals surface area contributed by atoms with Crippen LogP contribution >= 0.6 is 11.3 Å². The zero-order chi connectivity index (χ0) is 9.97. The van der Waals surface area contributed by atoms with Crippen molar-refractivity contribution in [2.75, 3.05) is 13.1 Å². The fourth-order valence-corrected chi connectivity index (χ4v) is 2.92. The Hall–Kier alpha value is -0.450. The number of hydrogen-bond acceptors (Lipinski definition) is 4. The summed E-state index contributed by atoms with van der Waals surface area (Å²) in [6.45, 7) is 4.99. The van der Waals surface area contributed by atoms with Gasteiger partial charge in [0.2, 0.25) is 0 Å². The molecule has 2 rings (SSSR count). The van der Waals surface area contributed by atoms with Crippen LogP contribution in [0.3, 0.4) is 0 Å². The second kappa shape index (κ2) is 4.38. The molecule has 4 heteroatoms. The van der Waals surface area contributed by atoms with Gasteiger partial charge in [0.15, 0.2) is 0 Å². The molecule has 1 aliphatic rings. The van der Waals surface area contributed by atoms with Gasteiger partial charge in [-0.15, -0.1) is 11.3 Å². The van der Waals surface area contributed by atoms with E-state index in [2.05, 4.69) is 17.2 Å². The van der Waals surface area contributed by atoms with E-state index in [4.69, 9.17) is 5.73 Å². The highest BCUT2D eigenvalue weighted by Crippen LogP contribution is 2.30. The monoisotopic (exact) mass is 211 g/mol. The van der Waals surface area contributed by atoms with Crippen LogP contribution in [-0.2, 0) is 6.54 Å². The van der Waals surface area contributed by atoms with Gasteiger partial charge in [0.1, 0.15) is 5.01 Å². The minimum Gasteiger partial charge on any atom is -0.325 e. The maximum Gasteiger partial charge on any atom is 0.107 e. The Bertz CT molecular complexity index is 302. The first-order valence-electron chi connectivity index (χ1n) is 5.18. The Morgan fingerprint density at radius 2 is 2.21 bits per heavy atom. The quantitative estimate of drug-likeness (QED) is 0.777. The first-order chi connectivity index (χ1) is 6.81. The summed E-state index contributed by atoms with van der Waals surface area (Å²) >= 11 is 1.75. The number of aryl methyl sites for hydroxylation is 1. The van der Waals surface area contributed by atoms with Crippen molar-refractivity contribution in [1.82, 2.24) is 10.3 Å². The molecule has 3 nitrogen and oxygen atoms in total. The van der Waals surface area contributed by atoms with Gasteiger partial charge in [-0.2, -0.15) is 0 Å². The van der Waals surface area contributed by atoms with E-state index < -0.39 is 0 Å². The number of thiazole rings is 1. The highest BCUT2D eigenvalue weighted by molar-refractivity contribution is 7.11. The van der Waals surface area contributed by atoms with Gasteiger partial charge < -0.3 is 11.1 Å². The van der Waals surface area contributed by atoms with Crippen LogP contribution in [0.5, 0.6) is 0 Å². The first-order valence-corrected chi connectivity index (χ1v) is 6.00.